The van der Waals surface area contributed by atoms with E-state index in [4.69, 9.17) is 14.2 Å². The minimum atomic E-state index is -0.133. The largest absolute Gasteiger partial charge is 0.466 e. The third kappa shape index (κ3) is 12.2. The van der Waals surface area contributed by atoms with Gasteiger partial charge in [0.15, 0.2) is 0 Å². The Balaban J connectivity index is 3.53. The van der Waals surface area contributed by atoms with Crippen LogP contribution in [0, 0.1) is 5.41 Å². The number of esters is 1. The van der Waals surface area contributed by atoms with Crippen LogP contribution < -0.4 is 0 Å². The topological polar surface area (TPSA) is 44.8 Å². The van der Waals surface area contributed by atoms with E-state index >= 15 is 0 Å². The monoisotopic (exact) mass is 274 g/mol. The van der Waals surface area contributed by atoms with E-state index in [0.29, 0.717) is 26.4 Å². The molecule has 0 N–H and O–H groups in total. The van der Waals surface area contributed by atoms with E-state index in [0.717, 1.165) is 19.4 Å². The van der Waals surface area contributed by atoms with Gasteiger partial charge in [-0.25, -0.2) is 0 Å². The number of hydrogen-bond donors (Lipinski definition) is 0. The van der Waals surface area contributed by atoms with Gasteiger partial charge < -0.3 is 14.2 Å². The number of hydrogen-bond acceptors (Lipinski definition) is 4. The van der Waals surface area contributed by atoms with E-state index < -0.39 is 0 Å². The molecule has 0 amide bonds. The van der Waals surface area contributed by atoms with Gasteiger partial charge in [0.05, 0.1) is 13.2 Å². The normalized spacial score (nSPS) is 11.6. The molecule has 4 nitrogen and oxygen atoms in total. The highest BCUT2D eigenvalue weighted by atomic mass is 16.7. The maximum absolute atomic E-state index is 11.3. The van der Waals surface area contributed by atoms with Crippen molar-refractivity contribution >= 4 is 5.97 Å². The summed E-state index contributed by atoms with van der Waals surface area (Å²) in [6, 6.07) is 0. The van der Waals surface area contributed by atoms with Gasteiger partial charge in [-0.1, -0.05) is 33.6 Å². The summed E-state index contributed by atoms with van der Waals surface area (Å²) in [5.41, 5.74) is -0.0282. The molecule has 0 rings (SSSR count). The van der Waals surface area contributed by atoms with Crippen LogP contribution in [-0.4, -0.2) is 32.6 Å². The van der Waals surface area contributed by atoms with Crippen molar-refractivity contribution in [3.63, 3.8) is 0 Å². The highest BCUT2D eigenvalue weighted by molar-refractivity contribution is 5.69. The second-order valence-corrected chi connectivity index (χ2v) is 5.55. The second kappa shape index (κ2) is 11.2. The third-order valence-corrected chi connectivity index (χ3v) is 2.86. The first kappa shape index (κ1) is 18.4. The summed E-state index contributed by atoms with van der Waals surface area (Å²) >= 11 is 0. The number of unbranched alkanes of at least 4 members (excludes halogenated alkanes) is 2. The van der Waals surface area contributed by atoms with Crippen LogP contribution in [0.4, 0.5) is 0 Å². The molecule has 0 aliphatic heterocycles. The molecule has 0 aliphatic rings. The number of ether oxygens (including phenoxy) is 3. The van der Waals surface area contributed by atoms with Crippen LogP contribution in [0.25, 0.3) is 0 Å². The molecule has 0 aromatic heterocycles. The minimum Gasteiger partial charge on any atom is -0.466 e. The fraction of sp³-hybridized carbons (Fsp3) is 0.933. The molecule has 0 heterocycles. The Morgan fingerprint density at radius 1 is 1.11 bits per heavy atom. The fourth-order valence-corrected chi connectivity index (χ4v) is 1.64. The van der Waals surface area contributed by atoms with E-state index in [1.165, 1.54) is 12.8 Å². The summed E-state index contributed by atoms with van der Waals surface area (Å²) < 4.78 is 15.8. The average Bonchev–Trinajstić information content (AvgIpc) is 2.36. The molecular formula is C15H30O4. The molecular weight excluding hydrogens is 244 g/mol. The van der Waals surface area contributed by atoms with Crippen molar-refractivity contribution in [3.05, 3.63) is 0 Å². The molecule has 0 aliphatic carbocycles. The Morgan fingerprint density at radius 3 is 2.47 bits per heavy atom. The van der Waals surface area contributed by atoms with Crippen molar-refractivity contribution in [2.24, 2.45) is 5.41 Å². The van der Waals surface area contributed by atoms with E-state index in [1.54, 1.807) is 0 Å². The van der Waals surface area contributed by atoms with Gasteiger partial charge in [0, 0.05) is 13.0 Å². The van der Waals surface area contributed by atoms with Gasteiger partial charge in [-0.3, -0.25) is 4.79 Å². The SMILES string of the molecule is CCCCCOCOCC(C)(C)CCC(=O)OCC. The highest BCUT2D eigenvalue weighted by Crippen LogP contribution is 2.22. The lowest BCUT2D eigenvalue weighted by Gasteiger charge is -2.23. The number of carbonyl (C=O) groups excluding carboxylic acids is 1. The van der Waals surface area contributed by atoms with E-state index in [-0.39, 0.29) is 11.4 Å². The molecule has 0 bridgehead atoms. The van der Waals surface area contributed by atoms with Crippen molar-refractivity contribution in [2.75, 3.05) is 26.6 Å². The minimum absolute atomic E-state index is 0.0282. The average molecular weight is 274 g/mol. The quantitative estimate of drug-likeness (QED) is 0.310. The van der Waals surface area contributed by atoms with Gasteiger partial charge in [0.2, 0.25) is 0 Å². The molecule has 0 saturated heterocycles. The molecule has 0 radical (unpaired) electrons. The van der Waals surface area contributed by atoms with Crippen LogP contribution in [-0.2, 0) is 19.0 Å². The van der Waals surface area contributed by atoms with Crippen LogP contribution in [0.1, 0.15) is 59.8 Å². The predicted octanol–water partition coefficient (Wildman–Crippen LogP) is 3.54. The second-order valence-electron chi connectivity index (χ2n) is 5.55. The summed E-state index contributed by atoms with van der Waals surface area (Å²) in [5, 5.41) is 0. The Labute approximate surface area is 117 Å². The zero-order valence-electron chi connectivity index (χ0n) is 13.0. The zero-order chi connectivity index (χ0) is 14.6. The molecule has 0 saturated carbocycles. The number of carbonyl (C=O) groups is 1. The van der Waals surface area contributed by atoms with Crippen molar-refractivity contribution in [3.8, 4) is 0 Å². The third-order valence-electron chi connectivity index (χ3n) is 2.86. The van der Waals surface area contributed by atoms with Crippen molar-refractivity contribution in [2.45, 2.75) is 59.8 Å². The summed E-state index contributed by atoms with van der Waals surface area (Å²) in [6.07, 6.45) is 4.70. The van der Waals surface area contributed by atoms with Crippen molar-refractivity contribution in [1.82, 2.24) is 0 Å². The molecule has 0 aromatic carbocycles. The van der Waals surface area contributed by atoms with Crippen LogP contribution in [0.15, 0.2) is 0 Å². The van der Waals surface area contributed by atoms with Crippen LogP contribution in [0.3, 0.4) is 0 Å². The maximum atomic E-state index is 11.3. The standard InChI is InChI=1S/C15H30O4/c1-5-7-8-11-17-13-18-12-15(3,4)10-9-14(16)19-6-2/h5-13H2,1-4H3. The fourth-order valence-electron chi connectivity index (χ4n) is 1.64. The zero-order valence-corrected chi connectivity index (χ0v) is 13.0. The van der Waals surface area contributed by atoms with E-state index in [2.05, 4.69) is 20.8 Å². The molecule has 0 fully saturated rings. The first-order valence-electron chi connectivity index (χ1n) is 7.33. The lowest BCUT2D eigenvalue weighted by Crippen LogP contribution is -2.22. The lowest BCUT2D eigenvalue weighted by atomic mass is 9.89. The molecule has 19 heavy (non-hydrogen) atoms. The van der Waals surface area contributed by atoms with E-state index in [9.17, 15) is 4.79 Å². The van der Waals surface area contributed by atoms with Gasteiger partial charge in [-0.05, 0) is 25.2 Å². The summed E-state index contributed by atoms with van der Waals surface area (Å²) in [7, 11) is 0. The van der Waals surface area contributed by atoms with Crippen molar-refractivity contribution in [1.29, 1.82) is 0 Å². The van der Waals surface area contributed by atoms with Gasteiger partial charge in [0.25, 0.3) is 0 Å². The Morgan fingerprint density at radius 2 is 1.84 bits per heavy atom. The molecule has 0 aromatic rings. The van der Waals surface area contributed by atoms with Crippen LogP contribution in [0.5, 0.6) is 0 Å². The molecule has 0 atom stereocenters. The van der Waals surface area contributed by atoms with Gasteiger partial charge in [0.1, 0.15) is 6.79 Å². The van der Waals surface area contributed by atoms with E-state index in [1.807, 2.05) is 6.92 Å². The number of rotatable bonds is 12. The van der Waals surface area contributed by atoms with Gasteiger partial charge in [-0.2, -0.15) is 0 Å². The first-order valence-corrected chi connectivity index (χ1v) is 7.33. The van der Waals surface area contributed by atoms with Gasteiger partial charge in [-0.15, -0.1) is 0 Å². The maximum Gasteiger partial charge on any atom is 0.305 e. The Hall–Kier alpha value is -0.610. The first-order chi connectivity index (χ1) is 9.02. The molecule has 4 heteroatoms. The highest BCUT2D eigenvalue weighted by Gasteiger charge is 2.20. The molecule has 0 spiro atoms. The Kier molecular flexibility index (Phi) is 10.9. The van der Waals surface area contributed by atoms with Crippen LogP contribution in [0.2, 0.25) is 0 Å². The van der Waals surface area contributed by atoms with Gasteiger partial charge >= 0.3 is 5.97 Å². The van der Waals surface area contributed by atoms with Crippen molar-refractivity contribution < 1.29 is 19.0 Å². The lowest BCUT2D eigenvalue weighted by molar-refractivity contribution is -0.144. The summed E-state index contributed by atoms with van der Waals surface area (Å²) in [5.74, 6) is -0.133. The summed E-state index contributed by atoms with van der Waals surface area (Å²) in [4.78, 5) is 11.3. The Bertz CT molecular complexity index is 226. The predicted molar refractivity (Wildman–Crippen MR) is 75.9 cm³/mol. The summed E-state index contributed by atoms with van der Waals surface area (Å²) in [6.45, 7) is 10.3. The van der Waals surface area contributed by atoms with Crippen LogP contribution >= 0.6 is 0 Å². The molecule has 0 unspecified atom stereocenters. The molecule has 114 valence electrons. The smallest absolute Gasteiger partial charge is 0.305 e.